The second-order valence-corrected chi connectivity index (χ2v) is 6.06. The summed E-state index contributed by atoms with van der Waals surface area (Å²) in [4.78, 5) is 16.5. The van der Waals surface area contributed by atoms with Crippen LogP contribution in [-0.2, 0) is 6.54 Å². The Hall–Kier alpha value is -1.88. The van der Waals surface area contributed by atoms with Crippen LogP contribution in [-0.4, -0.2) is 17.4 Å². The lowest BCUT2D eigenvalue weighted by Crippen LogP contribution is -2.23. The van der Waals surface area contributed by atoms with Crippen LogP contribution in [0.2, 0.25) is 0 Å². The standard InChI is InChI=1S/C16H21N3OS/c1-4-7-17-15-6-5-13(8-11(15)2)16(20)18-9-14-10-21-12(3)19-14/h5-6,8,10,17H,4,7,9H2,1-3H3,(H,18,20). The highest BCUT2D eigenvalue weighted by molar-refractivity contribution is 7.09. The predicted octanol–water partition coefficient (Wildman–Crippen LogP) is 3.51. The lowest BCUT2D eigenvalue weighted by Gasteiger charge is -2.10. The number of nitrogens with one attached hydrogen (secondary N) is 2. The summed E-state index contributed by atoms with van der Waals surface area (Å²) >= 11 is 1.59. The molecule has 1 amide bonds. The smallest absolute Gasteiger partial charge is 0.251 e. The fourth-order valence-corrected chi connectivity index (χ4v) is 2.64. The predicted molar refractivity (Wildman–Crippen MR) is 88.0 cm³/mol. The molecule has 0 aliphatic carbocycles. The maximum absolute atomic E-state index is 12.1. The van der Waals surface area contributed by atoms with E-state index in [2.05, 4.69) is 22.5 Å². The molecule has 0 unspecified atom stereocenters. The summed E-state index contributed by atoms with van der Waals surface area (Å²) in [7, 11) is 0. The first-order valence-electron chi connectivity index (χ1n) is 7.14. The molecule has 21 heavy (non-hydrogen) atoms. The van der Waals surface area contributed by atoms with Gasteiger partial charge in [0.15, 0.2) is 0 Å². The van der Waals surface area contributed by atoms with E-state index in [9.17, 15) is 4.79 Å². The lowest BCUT2D eigenvalue weighted by molar-refractivity contribution is 0.0950. The quantitative estimate of drug-likeness (QED) is 0.858. The third-order valence-corrected chi connectivity index (χ3v) is 3.97. The van der Waals surface area contributed by atoms with E-state index in [1.54, 1.807) is 11.3 Å². The number of hydrogen-bond acceptors (Lipinski definition) is 4. The fourth-order valence-electron chi connectivity index (χ4n) is 2.03. The van der Waals surface area contributed by atoms with Crippen molar-refractivity contribution >= 4 is 22.9 Å². The molecule has 0 radical (unpaired) electrons. The van der Waals surface area contributed by atoms with Gasteiger partial charge in [-0.1, -0.05) is 6.92 Å². The zero-order valence-electron chi connectivity index (χ0n) is 12.7. The van der Waals surface area contributed by atoms with Crippen molar-refractivity contribution in [3.05, 3.63) is 45.4 Å². The van der Waals surface area contributed by atoms with Crippen molar-refractivity contribution in [1.82, 2.24) is 10.3 Å². The Morgan fingerprint density at radius 2 is 2.14 bits per heavy atom. The maximum Gasteiger partial charge on any atom is 0.251 e. The van der Waals surface area contributed by atoms with Gasteiger partial charge in [0.25, 0.3) is 5.91 Å². The molecule has 0 spiro atoms. The van der Waals surface area contributed by atoms with Crippen molar-refractivity contribution in [3.63, 3.8) is 0 Å². The number of hydrogen-bond donors (Lipinski definition) is 2. The van der Waals surface area contributed by atoms with Crippen LogP contribution in [0.5, 0.6) is 0 Å². The van der Waals surface area contributed by atoms with E-state index in [-0.39, 0.29) is 5.91 Å². The van der Waals surface area contributed by atoms with Gasteiger partial charge in [-0.3, -0.25) is 4.79 Å². The van der Waals surface area contributed by atoms with Crippen LogP contribution in [0.15, 0.2) is 23.6 Å². The van der Waals surface area contributed by atoms with Gasteiger partial charge < -0.3 is 10.6 Å². The number of nitrogens with zero attached hydrogens (tertiary/aromatic N) is 1. The lowest BCUT2D eigenvalue weighted by atomic mass is 10.1. The van der Waals surface area contributed by atoms with Crippen molar-refractivity contribution in [3.8, 4) is 0 Å². The molecule has 0 saturated carbocycles. The molecule has 1 heterocycles. The summed E-state index contributed by atoms with van der Waals surface area (Å²) in [5, 5.41) is 9.24. The molecule has 5 heteroatoms. The van der Waals surface area contributed by atoms with Gasteiger partial charge in [-0.2, -0.15) is 0 Å². The first-order valence-corrected chi connectivity index (χ1v) is 8.02. The van der Waals surface area contributed by atoms with Gasteiger partial charge in [-0.25, -0.2) is 4.98 Å². The van der Waals surface area contributed by atoms with Crippen molar-refractivity contribution in [2.75, 3.05) is 11.9 Å². The molecule has 2 N–H and O–H groups in total. The largest absolute Gasteiger partial charge is 0.385 e. The first-order chi connectivity index (χ1) is 10.1. The van der Waals surface area contributed by atoms with Crippen molar-refractivity contribution in [1.29, 1.82) is 0 Å². The molecule has 0 saturated heterocycles. The summed E-state index contributed by atoms with van der Waals surface area (Å²) < 4.78 is 0. The van der Waals surface area contributed by atoms with Crippen molar-refractivity contribution in [2.45, 2.75) is 33.7 Å². The molecule has 112 valence electrons. The van der Waals surface area contributed by atoms with E-state index in [1.165, 1.54) is 0 Å². The summed E-state index contributed by atoms with van der Waals surface area (Å²) in [6, 6.07) is 5.74. The monoisotopic (exact) mass is 303 g/mol. The summed E-state index contributed by atoms with van der Waals surface area (Å²) in [5.41, 5.74) is 3.76. The van der Waals surface area contributed by atoms with Gasteiger partial charge in [0.2, 0.25) is 0 Å². The van der Waals surface area contributed by atoms with Crippen LogP contribution in [0.1, 0.15) is 40.0 Å². The van der Waals surface area contributed by atoms with Gasteiger partial charge in [-0.05, 0) is 44.0 Å². The van der Waals surface area contributed by atoms with Crippen molar-refractivity contribution in [2.24, 2.45) is 0 Å². The Balaban J connectivity index is 1.97. The minimum atomic E-state index is -0.0641. The zero-order valence-corrected chi connectivity index (χ0v) is 13.5. The Morgan fingerprint density at radius 3 is 2.76 bits per heavy atom. The second-order valence-electron chi connectivity index (χ2n) is 5.00. The van der Waals surface area contributed by atoms with E-state index in [4.69, 9.17) is 0 Å². The SMILES string of the molecule is CCCNc1ccc(C(=O)NCc2csc(C)n2)cc1C. The minimum Gasteiger partial charge on any atom is -0.385 e. The molecule has 0 bridgehead atoms. The van der Waals surface area contributed by atoms with Crippen LogP contribution in [0.3, 0.4) is 0 Å². The summed E-state index contributed by atoms with van der Waals surface area (Å²) in [5.74, 6) is -0.0641. The number of aryl methyl sites for hydroxylation is 2. The number of thiazole rings is 1. The van der Waals surface area contributed by atoms with Crippen LogP contribution < -0.4 is 10.6 Å². The van der Waals surface area contributed by atoms with Crippen LogP contribution >= 0.6 is 11.3 Å². The van der Waals surface area contributed by atoms with E-state index < -0.39 is 0 Å². The van der Waals surface area contributed by atoms with E-state index in [1.807, 2.05) is 37.4 Å². The highest BCUT2D eigenvalue weighted by atomic mass is 32.1. The maximum atomic E-state index is 12.1. The molecule has 2 rings (SSSR count). The number of anilines is 1. The molecular formula is C16H21N3OS. The number of carbonyl (C=O) groups is 1. The highest BCUT2D eigenvalue weighted by Crippen LogP contribution is 2.16. The number of rotatable bonds is 6. The Morgan fingerprint density at radius 1 is 1.33 bits per heavy atom. The molecule has 0 aliphatic heterocycles. The second kappa shape index (κ2) is 7.22. The molecule has 1 aromatic heterocycles. The van der Waals surface area contributed by atoms with Gasteiger partial charge in [0, 0.05) is 23.2 Å². The molecular weight excluding hydrogens is 282 g/mol. The Kier molecular flexibility index (Phi) is 5.33. The van der Waals surface area contributed by atoms with Crippen molar-refractivity contribution < 1.29 is 4.79 Å². The molecule has 0 aliphatic rings. The molecule has 0 atom stereocenters. The zero-order chi connectivity index (χ0) is 15.2. The fraction of sp³-hybridized carbons (Fsp3) is 0.375. The van der Waals surface area contributed by atoms with Crippen LogP contribution in [0.4, 0.5) is 5.69 Å². The third-order valence-electron chi connectivity index (χ3n) is 3.15. The molecule has 4 nitrogen and oxygen atoms in total. The topological polar surface area (TPSA) is 54.0 Å². The average Bonchev–Trinajstić information content (AvgIpc) is 2.89. The molecule has 0 fully saturated rings. The normalized spacial score (nSPS) is 10.4. The number of aromatic nitrogens is 1. The van der Waals surface area contributed by atoms with E-state index >= 15 is 0 Å². The van der Waals surface area contributed by atoms with Crippen LogP contribution in [0, 0.1) is 13.8 Å². The Labute approximate surface area is 129 Å². The third kappa shape index (κ3) is 4.29. The molecule has 2 aromatic rings. The highest BCUT2D eigenvalue weighted by Gasteiger charge is 2.08. The minimum absolute atomic E-state index is 0.0641. The van der Waals surface area contributed by atoms with Crippen LogP contribution in [0.25, 0.3) is 0 Å². The van der Waals surface area contributed by atoms with Gasteiger partial charge in [-0.15, -0.1) is 11.3 Å². The van der Waals surface area contributed by atoms with Gasteiger partial charge >= 0.3 is 0 Å². The summed E-state index contributed by atoms with van der Waals surface area (Å²) in [6.45, 7) is 7.51. The first kappa shape index (κ1) is 15.5. The number of amides is 1. The Bertz CT molecular complexity index is 622. The van der Waals surface area contributed by atoms with E-state index in [0.29, 0.717) is 12.1 Å². The number of carbonyl (C=O) groups excluding carboxylic acids is 1. The summed E-state index contributed by atoms with van der Waals surface area (Å²) in [6.07, 6.45) is 1.08. The van der Waals surface area contributed by atoms with E-state index in [0.717, 1.165) is 34.9 Å². The number of benzene rings is 1. The van der Waals surface area contributed by atoms with Gasteiger partial charge in [0.05, 0.1) is 17.2 Å². The molecule has 1 aromatic carbocycles. The van der Waals surface area contributed by atoms with Gasteiger partial charge in [0.1, 0.15) is 0 Å². The average molecular weight is 303 g/mol.